The summed E-state index contributed by atoms with van der Waals surface area (Å²) in [5.74, 6) is 1.39. The Balaban J connectivity index is 1.72. The molecule has 0 saturated carbocycles. The minimum atomic E-state index is -3.06. The molecular formula is C22H19N3O2S. The van der Waals surface area contributed by atoms with E-state index in [2.05, 4.69) is 10.3 Å². The van der Waals surface area contributed by atoms with Crippen molar-refractivity contribution in [2.45, 2.75) is 5.75 Å². The van der Waals surface area contributed by atoms with Crippen molar-refractivity contribution in [3.05, 3.63) is 84.4 Å². The van der Waals surface area contributed by atoms with Gasteiger partial charge >= 0.3 is 0 Å². The smallest absolute Gasteiger partial charge is 0.162 e. The largest absolute Gasteiger partial charge is 0.340 e. The Morgan fingerprint density at radius 3 is 2.21 bits per heavy atom. The monoisotopic (exact) mass is 389 g/mol. The van der Waals surface area contributed by atoms with E-state index in [1.807, 2.05) is 78.9 Å². The second-order valence-electron chi connectivity index (χ2n) is 6.67. The van der Waals surface area contributed by atoms with Crippen molar-refractivity contribution in [2.75, 3.05) is 11.6 Å². The molecule has 0 radical (unpaired) electrons. The highest BCUT2D eigenvalue weighted by molar-refractivity contribution is 7.89. The van der Waals surface area contributed by atoms with Gasteiger partial charge < -0.3 is 5.32 Å². The summed E-state index contributed by atoms with van der Waals surface area (Å²) in [6, 6.07) is 25.0. The van der Waals surface area contributed by atoms with Crippen molar-refractivity contribution in [3.8, 4) is 11.4 Å². The fourth-order valence-corrected chi connectivity index (χ4v) is 3.81. The van der Waals surface area contributed by atoms with E-state index in [0.717, 1.165) is 27.7 Å². The standard InChI is InChI=1S/C22H19N3O2S/c1-28(26,27)15-16-11-13-18(14-12-16)23-22-19-9-5-6-10-20(19)24-21(25-22)17-7-3-2-4-8-17/h2-14H,15H2,1H3,(H,23,24,25). The van der Waals surface area contributed by atoms with E-state index in [1.54, 1.807) is 0 Å². The molecule has 0 amide bonds. The summed E-state index contributed by atoms with van der Waals surface area (Å²) < 4.78 is 22.9. The molecule has 0 aliphatic carbocycles. The molecule has 0 spiro atoms. The van der Waals surface area contributed by atoms with Crippen molar-refractivity contribution in [2.24, 2.45) is 0 Å². The van der Waals surface area contributed by atoms with E-state index in [0.29, 0.717) is 11.6 Å². The van der Waals surface area contributed by atoms with E-state index in [-0.39, 0.29) is 5.75 Å². The van der Waals surface area contributed by atoms with E-state index >= 15 is 0 Å². The molecule has 0 saturated heterocycles. The van der Waals surface area contributed by atoms with Gasteiger partial charge in [-0.3, -0.25) is 0 Å². The van der Waals surface area contributed by atoms with Crippen LogP contribution in [0.3, 0.4) is 0 Å². The van der Waals surface area contributed by atoms with Crippen LogP contribution in [-0.4, -0.2) is 24.6 Å². The maximum absolute atomic E-state index is 11.5. The van der Waals surface area contributed by atoms with E-state index in [4.69, 9.17) is 4.98 Å². The molecule has 5 nitrogen and oxygen atoms in total. The number of sulfone groups is 1. The summed E-state index contributed by atoms with van der Waals surface area (Å²) in [6.07, 6.45) is 1.23. The minimum Gasteiger partial charge on any atom is -0.340 e. The molecule has 0 unspecified atom stereocenters. The van der Waals surface area contributed by atoms with Gasteiger partial charge in [-0.25, -0.2) is 18.4 Å². The molecule has 0 bridgehead atoms. The Hall–Kier alpha value is -3.25. The van der Waals surface area contributed by atoms with Crippen molar-refractivity contribution < 1.29 is 8.42 Å². The van der Waals surface area contributed by atoms with Gasteiger partial charge in [0.2, 0.25) is 0 Å². The van der Waals surface area contributed by atoms with Crippen LogP contribution in [0.2, 0.25) is 0 Å². The average Bonchev–Trinajstić information content (AvgIpc) is 2.69. The fourth-order valence-electron chi connectivity index (χ4n) is 3.01. The van der Waals surface area contributed by atoms with Gasteiger partial charge in [0, 0.05) is 22.9 Å². The number of aromatic nitrogens is 2. The van der Waals surface area contributed by atoms with Crippen LogP contribution < -0.4 is 5.32 Å². The number of fused-ring (bicyclic) bond motifs is 1. The minimum absolute atomic E-state index is 0.0296. The molecule has 0 aliphatic rings. The van der Waals surface area contributed by atoms with Crippen molar-refractivity contribution in [3.63, 3.8) is 0 Å². The zero-order valence-corrected chi connectivity index (χ0v) is 16.1. The number of benzene rings is 3. The average molecular weight is 389 g/mol. The van der Waals surface area contributed by atoms with Gasteiger partial charge in [0.25, 0.3) is 0 Å². The van der Waals surface area contributed by atoms with Gasteiger partial charge in [0.1, 0.15) is 5.82 Å². The zero-order valence-electron chi connectivity index (χ0n) is 15.3. The lowest BCUT2D eigenvalue weighted by atomic mass is 10.1. The lowest BCUT2D eigenvalue weighted by molar-refractivity contribution is 0.601. The molecule has 0 fully saturated rings. The number of anilines is 2. The Kier molecular flexibility index (Phi) is 4.79. The third-order valence-corrected chi connectivity index (χ3v) is 5.14. The first-order valence-corrected chi connectivity index (χ1v) is 10.9. The van der Waals surface area contributed by atoms with E-state index in [9.17, 15) is 8.42 Å². The lowest BCUT2D eigenvalue weighted by Crippen LogP contribution is -2.01. The molecule has 4 rings (SSSR count). The molecule has 3 aromatic carbocycles. The summed E-state index contributed by atoms with van der Waals surface area (Å²) >= 11 is 0. The van der Waals surface area contributed by atoms with Crippen LogP contribution in [0.15, 0.2) is 78.9 Å². The van der Waals surface area contributed by atoms with Crippen LogP contribution in [-0.2, 0) is 15.6 Å². The topological polar surface area (TPSA) is 72.0 Å². The molecule has 1 aromatic heterocycles. The molecule has 6 heteroatoms. The van der Waals surface area contributed by atoms with Crippen molar-refractivity contribution >= 4 is 32.2 Å². The SMILES string of the molecule is CS(=O)(=O)Cc1ccc(Nc2nc(-c3ccccc3)nc3ccccc23)cc1. The Labute approximate surface area is 164 Å². The summed E-state index contributed by atoms with van der Waals surface area (Å²) in [5.41, 5.74) is 3.39. The quantitative estimate of drug-likeness (QED) is 0.541. The van der Waals surface area contributed by atoms with Crippen LogP contribution >= 0.6 is 0 Å². The highest BCUT2D eigenvalue weighted by Crippen LogP contribution is 2.27. The first-order valence-electron chi connectivity index (χ1n) is 8.84. The first-order chi connectivity index (χ1) is 13.5. The Morgan fingerprint density at radius 1 is 0.821 bits per heavy atom. The second kappa shape index (κ2) is 7.40. The maximum atomic E-state index is 11.5. The molecule has 1 N–H and O–H groups in total. The number of hydrogen-bond donors (Lipinski definition) is 1. The molecular weight excluding hydrogens is 370 g/mol. The first kappa shape index (κ1) is 18.1. The number of para-hydroxylation sites is 1. The van der Waals surface area contributed by atoms with Crippen LogP contribution in [0, 0.1) is 0 Å². The van der Waals surface area contributed by atoms with Gasteiger partial charge in [-0.1, -0.05) is 54.6 Å². The molecule has 0 aliphatic heterocycles. The predicted octanol–water partition coefficient (Wildman–Crippen LogP) is 4.59. The van der Waals surface area contributed by atoms with Gasteiger partial charge in [-0.15, -0.1) is 0 Å². The second-order valence-corrected chi connectivity index (χ2v) is 8.81. The van der Waals surface area contributed by atoms with Gasteiger partial charge in [-0.05, 0) is 29.8 Å². The number of nitrogens with one attached hydrogen (secondary N) is 1. The summed E-state index contributed by atoms with van der Waals surface area (Å²) in [6.45, 7) is 0. The fraction of sp³-hybridized carbons (Fsp3) is 0.0909. The molecule has 140 valence electrons. The Bertz CT molecular complexity index is 1220. The van der Waals surface area contributed by atoms with E-state index < -0.39 is 9.84 Å². The van der Waals surface area contributed by atoms with Crippen LogP contribution in [0.1, 0.15) is 5.56 Å². The maximum Gasteiger partial charge on any atom is 0.162 e. The predicted molar refractivity (Wildman–Crippen MR) is 113 cm³/mol. The van der Waals surface area contributed by atoms with Gasteiger partial charge in [0.05, 0.1) is 11.3 Å². The lowest BCUT2D eigenvalue weighted by Gasteiger charge is -2.11. The van der Waals surface area contributed by atoms with Gasteiger partial charge in [-0.2, -0.15) is 0 Å². The molecule has 28 heavy (non-hydrogen) atoms. The van der Waals surface area contributed by atoms with Crippen molar-refractivity contribution in [1.29, 1.82) is 0 Å². The van der Waals surface area contributed by atoms with Crippen molar-refractivity contribution in [1.82, 2.24) is 9.97 Å². The van der Waals surface area contributed by atoms with Crippen LogP contribution in [0.25, 0.3) is 22.3 Å². The van der Waals surface area contributed by atoms with Crippen LogP contribution in [0.5, 0.6) is 0 Å². The van der Waals surface area contributed by atoms with Crippen LogP contribution in [0.4, 0.5) is 11.5 Å². The molecule has 0 atom stereocenters. The normalized spacial score (nSPS) is 11.5. The highest BCUT2D eigenvalue weighted by Gasteiger charge is 2.10. The third kappa shape index (κ3) is 4.18. The summed E-state index contributed by atoms with van der Waals surface area (Å²) in [4.78, 5) is 9.41. The molecule has 1 heterocycles. The number of hydrogen-bond acceptors (Lipinski definition) is 5. The van der Waals surface area contributed by atoms with E-state index in [1.165, 1.54) is 6.26 Å². The highest BCUT2D eigenvalue weighted by atomic mass is 32.2. The number of rotatable bonds is 5. The Morgan fingerprint density at radius 2 is 1.50 bits per heavy atom. The molecule has 4 aromatic rings. The summed E-state index contributed by atoms with van der Waals surface area (Å²) in [5, 5.41) is 4.27. The third-order valence-electron chi connectivity index (χ3n) is 4.28. The summed E-state index contributed by atoms with van der Waals surface area (Å²) in [7, 11) is -3.06. The number of nitrogens with zero attached hydrogens (tertiary/aromatic N) is 2. The zero-order chi connectivity index (χ0) is 19.6. The van der Waals surface area contributed by atoms with Gasteiger partial charge in [0.15, 0.2) is 15.7 Å².